The van der Waals surface area contributed by atoms with Crippen LogP contribution in [-0.4, -0.2) is 5.91 Å². The Labute approximate surface area is 173 Å². The molecule has 1 aromatic heterocycles. The molecule has 4 nitrogen and oxygen atoms in total. The Morgan fingerprint density at radius 2 is 1.86 bits per heavy atom. The number of hydrogen-bond donors (Lipinski definition) is 1. The van der Waals surface area contributed by atoms with Crippen molar-refractivity contribution < 1.29 is 9.21 Å². The van der Waals surface area contributed by atoms with Crippen molar-refractivity contribution in [2.24, 2.45) is 0 Å². The minimum Gasteiger partial charge on any atom is -0.457 e. The third kappa shape index (κ3) is 4.64. The quantitative estimate of drug-likeness (QED) is 0.411. The predicted molar refractivity (Wildman–Crippen MR) is 111 cm³/mol. The highest BCUT2D eigenvalue weighted by Gasteiger charge is 2.15. The molecule has 1 N–H and O–H groups in total. The number of benzene rings is 2. The molecule has 1 atom stereocenters. The van der Waals surface area contributed by atoms with Crippen molar-refractivity contribution in [2.75, 3.05) is 0 Å². The van der Waals surface area contributed by atoms with Gasteiger partial charge >= 0.3 is 0 Å². The molecule has 3 rings (SSSR count). The van der Waals surface area contributed by atoms with E-state index in [1.807, 2.05) is 43.3 Å². The summed E-state index contributed by atoms with van der Waals surface area (Å²) in [6.07, 6.45) is 1.41. The van der Waals surface area contributed by atoms with E-state index in [0.717, 1.165) is 11.1 Å². The fourth-order valence-electron chi connectivity index (χ4n) is 2.63. The SMILES string of the molecule is CC(NC(=O)/C(C#N)=C/c1ccc(-c2ccc(Cl)c(Cl)c2)o1)c1ccccc1. The van der Waals surface area contributed by atoms with Crippen LogP contribution in [0.3, 0.4) is 0 Å². The Morgan fingerprint density at radius 3 is 2.54 bits per heavy atom. The van der Waals surface area contributed by atoms with Crippen LogP contribution in [-0.2, 0) is 4.79 Å². The highest BCUT2D eigenvalue weighted by molar-refractivity contribution is 6.42. The summed E-state index contributed by atoms with van der Waals surface area (Å²) in [7, 11) is 0. The molecule has 0 saturated heterocycles. The molecule has 1 unspecified atom stereocenters. The summed E-state index contributed by atoms with van der Waals surface area (Å²) in [6.45, 7) is 1.86. The maximum Gasteiger partial charge on any atom is 0.262 e. The number of halogens is 2. The number of nitrogens with zero attached hydrogens (tertiary/aromatic N) is 1. The highest BCUT2D eigenvalue weighted by atomic mass is 35.5. The molecule has 140 valence electrons. The molecular formula is C22H16Cl2N2O2. The van der Waals surface area contributed by atoms with Crippen LogP contribution in [0.2, 0.25) is 10.0 Å². The Morgan fingerprint density at radius 1 is 1.11 bits per heavy atom. The molecule has 0 aliphatic carbocycles. The predicted octanol–water partition coefficient (Wildman–Crippen LogP) is 6.04. The fourth-order valence-corrected chi connectivity index (χ4v) is 2.92. The van der Waals surface area contributed by atoms with Gasteiger partial charge in [0.15, 0.2) is 0 Å². The molecule has 0 saturated carbocycles. The first kappa shape index (κ1) is 19.8. The smallest absolute Gasteiger partial charge is 0.262 e. The van der Waals surface area contributed by atoms with Crippen molar-refractivity contribution in [3.8, 4) is 17.4 Å². The zero-order chi connectivity index (χ0) is 20.1. The fraction of sp³-hybridized carbons (Fsp3) is 0.0909. The molecule has 2 aromatic carbocycles. The van der Waals surface area contributed by atoms with Gasteiger partial charge in [0, 0.05) is 11.6 Å². The molecular weight excluding hydrogens is 395 g/mol. The van der Waals surface area contributed by atoms with E-state index in [4.69, 9.17) is 27.6 Å². The van der Waals surface area contributed by atoms with Gasteiger partial charge in [-0.1, -0.05) is 53.5 Å². The van der Waals surface area contributed by atoms with Gasteiger partial charge in [0.05, 0.1) is 16.1 Å². The van der Waals surface area contributed by atoms with Gasteiger partial charge in [-0.15, -0.1) is 0 Å². The maximum absolute atomic E-state index is 12.4. The lowest BCUT2D eigenvalue weighted by Gasteiger charge is -2.13. The molecule has 3 aromatic rings. The number of nitrogens with one attached hydrogen (secondary N) is 1. The average Bonchev–Trinajstić information content (AvgIpc) is 3.17. The van der Waals surface area contributed by atoms with Gasteiger partial charge in [0.25, 0.3) is 5.91 Å². The molecule has 0 aliphatic rings. The van der Waals surface area contributed by atoms with Crippen LogP contribution in [0.25, 0.3) is 17.4 Å². The second-order valence-electron chi connectivity index (χ2n) is 6.11. The summed E-state index contributed by atoms with van der Waals surface area (Å²) in [4.78, 5) is 12.4. The Bertz CT molecular complexity index is 1070. The second kappa shape index (κ2) is 8.79. The summed E-state index contributed by atoms with van der Waals surface area (Å²) >= 11 is 12.0. The van der Waals surface area contributed by atoms with Gasteiger partial charge in [-0.05, 0) is 42.8 Å². The minimum absolute atomic E-state index is 0.0437. The number of hydrogen-bond acceptors (Lipinski definition) is 3. The Kier molecular flexibility index (Phi) is 6.20. The van der Waals surface area contributed by atoms with Crippen LogP contribution < -0.4 is 5.32 Å². The van der Waals surface area contributed by atoms with Crippen LogP contribution in [0.1, 0.15) is 24.3 Å². The van der Waals surface area contributed by atoms with E-state index in [9.17, 15) is 10.1 Å². The molecule has 0 spiro atoms. The van der Waals surface area contributed by atoms with Crippen molar-refractivity contribution in [3.63, 3.8) is 0 Å². The van der Waals surface area contributed by atoms with Crippen molar-refractivity contribution in [3.05, 3.63) is 87.6 Å². The maximum atomic E-state index is 12.4. The van der Waals surface area contributed by atoms with Crippen molar-refractivity contribution in [1.29, 1.82) is 5.26 Å². The highest BCUT2D eigenvalue weighted by Crippen LogP contribution is 2.30. The third-order valence-corrected chi connectivity index (χ3v) is 4.87. The zero-order valence-electron chi connectivity index (χ0n) is 14.9. The van der Waals surface area contributed by atoms with E-state index in [1.54, 1.807) is 30.3 Å². The number of rotatable bonds is 5. The van der Waals surface area contributed by atoms with Crippen molar-refractivity contribution >= 4 is 35.2 Å². The van der Waals surface area contributed by atoms with Gasteiger partial charge in [-0.2, -0.15) is 5.26 Å². The van der Waals surface area contributed by atoms with E-state index < -0.39 is 5.91 Å². The number of carbonyl (C=O) groups excluding carboxylic acids is 1. The first-order chi connectivity index (χ1) is 13.5. The third-order valence-electron chi connectivity index (χ3n) is 4.13. The summed E-state index contributed by atoms with van der Waals surface area (Å²) in [5.41, 5.74) is 1.65. The number of carbonyl (C=O) groups is 1. The molecule has 28 heavy (non-hydrogen) atoms. The second-order valence-corrected chi connectivity index (χ2v) is 6.92. The Balaban J connectivity index is 1.77. The summed E-state index contributed by atoms with van der Waals surface area (Å²) in [5.74, 6) is 0.478. The van der Waals surface area contributed by atoms with E-state index in [-0.39, 0.29) is 11.6 Å². The standard InChI is InChI=1S/C22H16Cl2N2O2/c1-14(15-5-3-2-4-6-15)26-22(27)17(13-25)11-18-8-10-21(28-18)16-7-9-19(23)20(24)12-16/h2-12,14H,1H3,(H,26,27)/b17-11+. The van der Waals surface area contributed by atoms with Gasteiger partial charge < -0.3 is 9.73 Å². The van der Waals surface area contributed by atoms with Gasteiger partial charge in [-0.3, -0.25) is 4.79 Å². The van der Waals surface area contributed by atoms with Gasteiger partial charge in [0.2, 0.25) is 0 Å². The number of furan rings is 1. The summed E-state index contributed by atoms with van der Waals surface area (Å²) in [5, 5.41) is 13.1. The van der Waals surface area contributed by atoms with Crippen LogP contribution in [0.4, 0.5) is 0 Å². The van der Waals surface area contributed by atoms with E-state index in [0.29, 0.717) is 21.6 Å². The van der Waals surface area contributed by atoms with Crippen molar-refractivity contribution in [1.82, 2.24) is 5.32 Å². The van der Waals surface area contributed by atoms with Crippen molar-refractivity contribution in [2.45, 2.75) is 13.0 Å². The molecule has 0 radical (unpaired) electrons. The lowest BCUT2D eigenvalue weighted by atomic mass is 10.1. The summed E-state index contributed by atoms with van der Waals surface area (Å²) in [6, 6.07) is 19.8. The normalized spacial score (nSPS) is 12.3. The van der Waals surface area contributed by atoms with Gasteiger partial charge in [-0.25, -0.2) is 0 Å². The van der Waals surface area contributed by atoms with E-state index in [2.05, 4.69) is 5.32 Å². The van der Waals surface area contributed by atoms with Crippen LogP contribution in [0, 0.1) is 11.3 Å². The first-order valence-electron chi connectivity index (χ1n) is 8.51. The summed E-state index contributed by atoms with van der Waals surface area (Å²) < 4.78 is 5.73. The number of amides is 1. The molecule has 0 aliphatic heterocycles. The Hall–Kier alpha value is -3.00. The lowest BCUT2D eigenvalue weighted by molar-refractivity contribution is -0.117. The average molecular weight is 411 g/mol. The van der Waals surface area contributed by atoms with Crippen LogP contribution in [0.5, 0.6) is 0 Å². The molecule has 1 heterocycles. The molecule has 6 heteroatoms. The largest absolute Gasteiger partial charge is 0.457 e. The van der Waals surface area contributed by atoms with Crippen LogP contribution >= 0.6 is 23.2 Å². The van der Waals surface area contributed by atoms with E-state index in [1.165, 1.54) is 6.08 Å². The molecule has 0 fully saturated rings. The zero-order valence-corrected chi connectivity index (χ0v) is 16.5. The first-order valence-corrected chi connectivity index (χ1v) is 9.26. The molecule has 0 bridgehead atoms. The van der Waals surface area contributed by atoms with Crippen LogP contribution in [0.15, 0.2) is 70.7 Å². The molecule has 1 amide bonds. The number of nitriles is 1. The lowest BCUT2D eigenvalue weighted by Crippen LogP contribution is -2.27. The minimum atomic E-state index is -0.466. The van der Waals surface area contributed by atoms with E-state index >= 15 is 0 Å². The topological polar surface area (TPSA) is 66.0 Å². The van der Waals surface area contributed by atoms with Gasteiger partial charge in [0.1, 0.15) is 23.2 Å². The monoisotopic (exact) mass is 410 g/mol.